The van der Waals surface area contributed by atoms with Crippen molar-refractivity contribution in [1.29, 1.82) is 0 Å². The molecular weight excluding hydrogens is 386 g/mol. The highest BCUT2D eigenvalue weighted by Gasteiger charge is 2.29. The Bertz CT molecular complexity index is 908. The van der Waals surface area contributed by atoms with E-state index in [9.17, 15) is 13.2 Å². The number of carbonyl (C=O) groups excluding carboxylic acids is 1. The van der Waals surface area contributed by atoms with Gasteiger partial charge in [-0.3, -0.25) is 4.79 Å². The molecule has 1 aliphatic rings. The first-order valence-electron chi connectivity index (χ1n) is 10.1. The van der Waals surface area contributed by atoms with Crippen molar-refractivity contribution in [2.45, 2.75) is 19.1 Å². The summed E-state index contributed by atoms with van der Waals surface area (Å²) in [7, 11) is -3.32. The van der Waals surface area contributed by atoms with Gasteiger partial charge < -0.3 is 10.2 Å². The molecule has 1 fully saturated rings. The molecule has 156 valence electrons. The van der Waals surface area contributed by atoms with Crippen LogP contribution in [0.4, 0.5) is 0 Å². The lowest BCUT2D eigenvalue weighted by atomic mass is 10.1. The van der Waals surface area contributed by atoms with E-state index in [1.165, 1.54) is 11.1 Å². The van der Waals surface area contributed by atoms with Gasteiger partial charge >= 0.3 is 0 Å². The van der Waals surface area contributed by atoms with E-state index >= 15 is 0 Å². The normalized spacial score (nSPS) is 15.9. The number of hydrogen-bond donors (Lipinski definition) is 2. The minimum absolute atomic E-state index is 0.0224. The van der Waals surface area contributed by atoms with Crippen LogP contribution in [0.25, 0.3) is 0 Å². The average molecular weight is 417 g/mol. The highest BCUT2D eigenvalue weighted by atomic mass is 32.2. The number of quaternary nitrogens is 1. The Kier molecular flexibility index (Phi) is 7.41. The molecule has 0 atom stereocenters. The molecule has 2 aromatic carbocycles. The Labute approximate surface area is 173 Å². The highest BCUT2D eigenvalue weighted by Crippen LogP contribution is 2.10. The number of piperazine rings is 1. The third kappa shape index (κ3) is 6.39. The predicted octanol–water partition coefficient (Wildman–Crippen LogP) is 0.384. The molecule has 29 heavy (non-hydrogen) atoms. The van der Waals surface area contributed by atoms with Crippen LogP contribution < -0.4 is 10.2 Å². The minimum Gasteiger partial charge on any atom is -0.351 e. The molecule has 0 spiro atoms. The summed E-state index contributed by atoms with van der Waals surface area (Å²) in [5, 5.41) is 2.99. The van der Waals surface area contributed by atoms with Crippen molar-refractivity contribution in [3.05, 3.63) is 71.3 Å². The number of benzene rings is 2. The van der Waals surface area contributed by atoms with Crippen LogP contribution in [0.2, 0.25) is 0 Å². The van der Waals surface area contributed by atoms with Crippen LogP contribution in [-0.2, 0) is 27.0 Å². The van der Waals surface area contributed by atoms with E-state index < -0.39 is 10.0 Å². The van der Waals surface area contributed by atoms with Gasteiger partial charge in [0.05, 0.1) is 31.9 Å². The molecule has 0 unspecified atom stereocenters. The van der Waals surface area contributed by atoms with Gasteiger partial charge in [-0.2, -0.15) is 4.31 Å². The number of carbonyl (C=O) groups is 1. The van der Waals surface area contributed by atoms with Gasteiger partial charge in [0.25, 0.3) is 5.91 Å². The standard InChI is InChI=1S/C22H29N3O3S/c1-19-7-5-6-10-21(19)11-12-23-22(26)17-24-13-15-25(16-14-24)29(27,28)18-20-8-3-2-4-9-20/h2-10H,11-18H2,1H3,(H,23,26)/p+1. The topological polar surface area (TPSA) is 70.9 Å². The van der Waals surface area contributed by atoms with Crippen molar-refractivity contribution in [1.82, 2.24) is 9.62 Å². The van der Waals surface area contributed by atoms with E-state index in [1.807, 2.05) is 42.5 Å². The van der Waals surface area contributed by atoms with Crippen LogP contribution in [0.15, 0.2) is 54.6 Å². The van der Waals surface area contributed by atoms with Gasteiger partial charge in [0.15, 0.2) is 6.54 Å². The summed E-state index contributed by atoms with van der Waals surface area (Å²) >= 11 is 0. The molecule has 0 aliphatic carbocycles. The number of sulfonamides is 1. The molecule has 2 aromatic rings. The number of aryl methyl sites for hydroxylation is 1. The third-order valence-electron chi connectivity index (χ3n) is 5.40. The van der Waals surface area contributed by atoms with E-state index in [-0.39, 0.29) is 11.7 Å². The summed E-state index contributed by atoms with van der Waals surface area (Å²) in [6, 6.07) is 17.4. The van der Waals surface area contributed by atoms with Crippen LogP contribution in [0, 0.1) is 6.92 Å². The number of amides is 1. The first-order valence-corrected chi connectivity index (χ1v) is 11.7. The lowest BCUT2D eigenvalue weighted by molar-refractivity contribution is -0.895. The molecule has 1 amide bonds. The van der Waals surface area contributed by atoms with Gasteiger partial charge in [-0.1, -0.05) is 54.6 Å². The second-order valence-corrected chi connectivity index (χ2v) is 9.56. The molecular formula is C22H30N3O3S+. The van der Waals surface area contributed by atoms with E-state index in [4.69, 9.17) is 0 Å². The summed E-state index contributed by atoms with van der Waals surface area (Å²) < 4.78 is 26.8. The second kappa shape index (κ2) is 10.0. The van der Waals surface area contributed by atoms with E-state index in [0.717, 1.165) is 16.9 Å². The largest absolute Gasteiger partial charge is 0.351 e. The van der Waals surface area contributed by atoms with Gasteiger partial charge in [-0.25, -0.2) is 8.42 Å². The molecule has 0 aromatic heterocycles. The predicted molar refractivity (Wildman–Crippen MR) is 114 cm³/mol. The number of nitrogens with one attached hydrogen (secondary N) is 2. The molecule has 3 rings (SSSR count). The number of hydrogen-bond acceptors (Lipinski definition) is 3. The maximum atomic E-state index is 12.6. The molecule has 1 saturated heterocycles. The Morgan fingerprint density at radius 1 is 1.03 bits per heavy atom. The third-order valence-corrected chi connectivity index (χ3v) is 7.25. The molecule has 0 radical (unpaired) electrons. The fourth-order valence-corrected chi connectivity index (χ4v) is 5.19. The van der Waals surface area contributed by atoms with Crippen LogP contribution in [0.5, 0.6) is 0 Å². The molecule has 0 bridgehead atoms. The van der Waals surface area contributed by atoms with E-state index in [1.54, 1.807) is 4.31 Å². The summed E-state index contributed by atoms with van der Waals surface area (Å²) in [5.74, 6) is 0.0527. The van der Waals surface area contributed by atoms with Crippen molar-refractivity contribution in [2.24, 2.45) is 0 Å². The van der Waals surface area contributed by atoms with Crippen LogP contribution >= 0.6 is 0 Å². The zero-order valence-electron chi connectivity index (χ0n) is 16.9. The van der Waals surface area contributed by atoms with Crippen LogP contribution in [0.3, 0.4) is 0 Å². The van der Waals surface area contributed by atoms with E-state index in [2.05, 4.69) is 24.4 Å². The number of rotatable bonds is 8. The first-order chi connectivity index (χ1) is 13.9. The molecule has 0 saturated carbocycles. The zero-order chi connectivity index (χ0) is 20.7. The average Bonchev–Trinajstić information content (AvgIpc) is 2.70. The quantitative estimate of drug-likeness (QED) is 0.654. The fourth-order valence-electron chi connectivity index (χ4n) is 3.65. The smallest absolute Gasteiger partial charge is 0.275 e. The maximum absolute atomic E-state index is 12.6. The monoisotopic (exact) mass is 416 g/mol. The Hall–Kier alpha value is -2.22. The summed E-state index contributed by atoms with van der Waals surface area (Å²) in [5.41, 5.74) is 3.29. The van der Waals surface area contributed by atoms with Crippen molar-refractivity contribution in [2.75, 3.05) is 39.3 Å². The number of nitrogens with zero attached hydrogens (tertiary/aromatic N) is 1. The zero-order valence-corrected chi connectivity index (χ0v) is 17.7. The lowest BCUT2D eigenvalue weighted by Gasteiger charge is -2.31. The Morgan fingerprint density at radius 2 is 1.69 bits per heavy atom. The maximum Gasteiger partial charge on any atom is 0.275 e. The molecule has 6 nitrogen and oxygen atoms in total. The highest BCUT2D eigenvalue weighted by molar-refractivity contribution is 7.88. The van der Waals surface area contributed by atoms with Gasteiger partial charge in [0, 0.05) is 6.54 Å². The second-order valence-electron chi connectivity index (χ2n) is 7.59. The van der Waals surface area contributed by atoms with Crippen molar-refractivity contribution >= 4 is 15.9 Å². The van der Waals surface area contributed by atoms with E-state index in [0.29, 0.717) is 39.3 Å². The molecule has 2 N–H and O–H groups in total. The summed E-state index contributed by atoms with van der Waals surface area (Å²) in [4.78, 5) is 13.4. The molecule has 1 heterocycles. The van der Waals surface area contributed by atoms with Gasteiger partial charge in [0.1, 0.15) is 0 Å². The van der Waals surface area contributed by atoms with Crippen LogP contribution in [0.1, 0.15) is 16.7 Å². The van der Waals surface area contributed by atoms with Gasteiger partial charge in [-0.15, -0.1) is 0 Å². The van der Waals surface area contributed by atoms with Crippen LogP contribution in [-0.4, -0.2) is 57.9 Å². The lowest BCUT2D eigenvalue weighted by Crippen LogP contribution is -3.15. The fraction of sp³-hybridized carbons (Fsp3) is 0.409. The first kappa shape index (κ1) is 21.5. The van der Waals surface area contributed by atoms with Gasteiger partial charge in [0.2, 0.25) is 10.0 Å². The van der Waals surface area contributed by atoms with Crippen molar-refractivity contribution in [3.63, 3.8) is 0 Å². The van der Waals surface area contributed by atoms with Crippen molar-refractivity contribution < 1.29 is 18.1 Å². The molecule has 1 aliphatic heterocycles. The Balaban J connectivity index is 1.40. The summed E-state index contributed by atoms with van der Waals surface area (Å²) in [6.45, 7) is 5.31. The minimum atomic E-state index is -3.32. The Morgan fingerprint density at radius 3 is 2.38 bits per heavy atom. The molecule has 7 heteroatoms. The van der Waals surface area contributed by atoms with Crippen molar-refractivity contribution in [3.8, 4) is 0 Å². The van der Waals surface area contributed by atoms with Gasteiger partial charge in [-0.05, 0) is 30.0 Å². The SMILES string of the molecule is Cc1ccccc1CCNC(=O)C[NH+]1CCN(S(=O)(=O)Cc2ccccc2)CC1. The summed E-state index contributed by atoms with van der Waals surface area (Å²) in [6.07, 6.45) is 0.819.